The smallest absolute Gasteiger partial charge is 0.223 e. The van der Waals surface area contributed by atoms with Gasteiger partial charge in [0.25, 0.3) is 0 Å². The molecule has 4 rings (SSSR count). The van der Waals surface area contributed by atoms with E-state index in [1.807, 2.05) is 12.3 Å². The van der Waals surface area contributed by atoms with E-state index in [0.29, 0.717) is 0 Å². The first-order valence-corrected chi connectivity index (χ1v) is 11.6. The summed E-state index contributed by atoms with van der Waals surface area (Å²) in [6, 6.07) is 8.41. The van der Waals surface area contributed by atoms with E-state index in [2.05, 4.69) is 51.7 Å². The molecule has 2 aromatic heterocycles. The minimum Gasteiger partial charge on any atom is -0.379 e. The molecule has 31 heavy (non-hydrogen) atoms. The number of nitrogens with one attached hydrogen (secondary N) is 1. The number of rotatable bonds is 7. The molecule has 0 saturated carbocycles. The van der Waals surface area contributed by atoms with E-state index in [4.69, 9.17) is 9.72 Å². The molecule has 0 spiro atoms. The molecule has 2 aliphatic rings. The fourth-order valence-electron chi connectivity index (χ4n) is 4.69. The molecule has 0 unspecified atom stereocenters. The summed E-state index contributed by atoms with van der Waals surface area (Å²) in [5.41, 5.74) is 3.53. The van der Waals surface area contributed by atoms with Crippen LogP contribution in [0.15, 0.2) is 30.5 Å². The number of carbonyl (C=O) groups is 1. The van der Waals surface area contributed by atoms with E-state index in [1.54, 1.807) is 0 Å². The van der Waals surface area contributed by atoms with Gasteiger partial charge < -0.3 is 19.5 Å². The predicted molar refractivity (Wildman–Crippen MR) is 123 cm³/mol. The van der Waals surface area contributed by atoms with Crippen LogP contribution in [0.3, 0.4) is 0 Å². The van der Waals surface area contributed by atoms with Gasteiger partial charge in [0, 0.05) is 56.2 Å². The minimum absolute atomic E-state index is 0.0989. The average molecular weight is 426 g/mol. The Bertz CT molecular complexity index is 847. The monoisotopic (exact) mass is 425 g/mol. The van der Waals surface area contributed by atoms with Gasteiger partial charge in [-0.1, -0.05) is 0 Å². The number of carbonyl (C=O) groups excluding carboxylic acids is 1. The van der Waals surface area contributed by atoms with E-state index < -0.39 is 0 Å². The normalized spacial score (nSPS) is 18.3. The third-order valence-electron chi connectivity index (χ3n) is 6.50. The van der Waals surface area contributed by atoms with E-state index in [-0.39, 0.29) is 11.8 Å². The van der Waals surface area contributed by atoms with E-state index in [0.717, 1.165) is 83.3 Å². The van der Waals surface area contributed by atoms with Crippen molar-refractivity contribution in [2.45, 2.75) is 33.1 Å². The second-order valence-corrected chi connectivity index (χ2v) is 8.66. The van der Waals surface area contributed by atoms with Gasteiger partial charge in [0.05, 0.1) is 18.9 Å². The molecule has 4 heterocycles. The zero-order valence-electron chi connectivity index (χ0n) is 18.8. The van der Waals surface area contributed by atoms with Crippen molar-refractivity contribution in [3.05, 3.63) is 41.9 Å². The summed E-state index contributed by atoms with van der Waals surface area (Å²) in [6.07, 6.45) is 4.60. The van der Waals surface area contributed by atoms with Crippen LogP contribution in [-0.4, -0.2) is 72.8 Å². The van der Waals surface area contributed by atoms with Crippen molar-refractivity contribution in [1.82, 2.24) is 19.8 Å². The van der Waals surface area contributed by atoms with Crippen LogP contribution < -0.4 is 10.2 Å². The number of hydrogen-bond acceptors (Lipinski definition) is 5. The summed E-state index contributed by atoms with van der Waals surface area (Å²) in [6.45, 7) is 11.4. The number of nitrogens with zero attached hydrogens (tertiary/aromatic N) is 4. The molecule has 1 amide bonds. The maximum atomic E-state index is 12.7. The Morgan fingerprint density at radius 3 is 2.52 bits per heavy atom. The molecule has 2 saturated heterocycles. The molecule has 2 aliphatic heterocycles. The Hall–Kier alpha value is -2.38. The first kappa shape index (κ1) is 21.8. The maximum absolute atomic E-state index is 12.7. The summed E-state index contributed by atoms with van der Waals surface area (Å²) in [5, 5.41) is 3.16. The lowest BCUT2D eigenvalue weighted by Crippen LogP contribution is -2.42. The van der Waals surface area contributed by atoms with Gasteiger partial charge in [-0.3, -0.25) is 9.69 Å². The summed E-state index contributed by atoms with van der Waals surface area (Å²) < 4.78 is 7.64. The van der Waals surface area contributed by atoms with Crippen LogP contribution in [0, 0.1) is 19.8 Å². The molecule has 0 atom stereocenters. The van der Waals surface area contributed by atoms with Crippen molar-refractivity contribution in [1.29, 1.82) is 0 Å². The highest BCUT2D eigenvalue weighted by atomic mass is 16.5. The fraction of sp³-hybridized carbons (Fsp3) is 0.583. The summed E-state index contributed by atoms with van der Waals surface area (Å²) in [7, 11) is 0. The standard InChI is InChI=1S/C24H35N5O2/c1-19-6-7-20(2)29(19)22-5-3-10-25-23(22)28-13-8-21(9-14-28)24(30)26-11-4-12-27-15-17-31-18-16-27/h3,5-7,10,21H,4,8-9,11-18H2,1-2H3,(H,26,30). The van der Waals surface area contributed by atoms with Crippen LogP contribution >= 0.6 is 0 Å². The van der Waals surface area contributed by atoms with E-state index in [1.165, 1.54) is 11.4 Å². The summed E-state index contributed by atoms with van der Waals surface area (Å²) in [5.74, 6) is 1.32. The number of pyridine rings is 1. The molecule has 2 fully saturated rings. The lowest BCUT2D eigenvalue weighted by molar-refractivity contribution is -0.125. The van der Waals surface area contributed by atoms with Gasteiger partial charge in [0.15, 0.2) is 5.82 Å². The van der Waals surface area contributed by atoms with Crippen LogP contribution in [0.25, 0.3) is 5.69 Å². The van der Waals surface area contributed by atoms with Gasteiger partial charge >= 0.3 is 0 Å². The molecule has 0 radical (unpaired) electrons. The molecule has 0 aliphatic carbocycles. The first-order chi connectivity index (χ1) is 15.1. The van der Waals surface area contributed by atoms with Gasteiger partial charge in [-0.15, -0.1) is 0 Å². The Kier molecular flexibility index (Phi) is 7.25. The second-order valence-electron chi connectivity index (χ2n) is 8.66. The number of aromatic nitrogens is 2. The Morgan fingerprint density at radius 1 is 1.10 bits per heavy atom. The average Bonchev–Trinajstić information content (AvgIpc) is 3.15. The van der Waals surface area contributed by atoms with Crippen molar-refractivity contribution in [2.24, 2.45) is 5.92 Å². The number of aryl methyl sites for hydroxylation is 2. The Morgan fingerprint density at radius 2 is 1.81 bits per heavy atom. The maximum Gasteiger partial charge on any atom is 0.223 e. The largest absolute Gasteiger partial charge is 0.379 e. The number of piperidine rings is 1. The third-order valence-corrected chi connectivity index (χ3v) is 6.50. The molecule has 168 valence electrons. The molecule has 7 heteroatoms. The van der Waals surface area contributed by atoms with Crippen LogP contribution in [0.2, 0.25) is 0 Å². The van der Waals surface area contributed by atoms with Crippen LogP contribution in [0.5, 0.6) is 0 Å². The van der Waals surface area contributed by atoms with Crippen LogP contribution in [-0.2, 0) is 9.53 Å². The zero-order chi connectivity index (χ0) is 21.6. The molecular formula is C24H35N5O2. The SMILES string of the molecule is Cc1ccc(C)n1-c1cccnc1N1CCC(C(=O)NCCCN2CCOCC2)CC1. The van der Waals surface area contributed by atoms with Crippen molar-refractivity contribution >= 4 is 11.7 Å². The highest BCUT2D eigenvalue weighted by Crippen LogP contribution is 2.29. The van der Waals surface area contributed by atoms with Gasteiger partial charge in [0.2, 0.25) is 5.91 Å². The zero-order valence-corrected chi connectivity index (χ0v) is 18.8. The van der Waals surface area contributed by atoms with Crippen molar-refractivity contribution in [3.63, 3.8) is 0 Å². The highest BCUT2D eigenvalue weighted by molar-refractivity contribution is 5.79. The van der Waals surface area contributed by atoms with Crippen molar-refractivity contribution in [3.8, 4) is 5.69 Å². The predicted octanol–water partition coefficient (Wildman–Crippen LogP) is 2.54. The molecule has 7 nitrogen and oxygen atoms in total. The quantitative estimate of drug-likeness (QED) is 0.691. The minimum atomic E-state index is 0.0989. The number of morpholine rings is 1. The Labute approximate surface area is 185 Å². The first-order valence-electron chi connectivity index (χ1n) is 11.6. The number of hydrogen-bond donors (Lipinski definition) is 1. The third kappa shape index (κ3) is 5.28. The van der Waals surface area contributed by atoms with E-state index in [9.17, 15) is 4.79 Å². The van der Waals surface area contributed by atoms with Crippen LogP contribution in [0.4, 0.5) is 5.82 Å². The van der Waals surface area contributed by atoms with Gasteiger partial charge in [0.1, 0.15) is 0 Å². The number of anilines is 1. The van der Waals surface area contributed by atoms with Crippen molar-refractivity contribution in [2.75, 3.05) is 57.4 Å². The lowest BCUT2D eigenvalue weighted by Gasteiger charge is -2.33. The van der Waals surface area contributed by atoms with Gasteiger partial charge in [-0.25, -0.2) is 4.98 Å². The fourth-order valence-corrected chi connectivity index (χ4v) is 4.69. The number of amides is 1. The van der Waals surface area contributed by atoms with Crippen LogP contribution in [0.1, 0.15) is 30.7 Å². The second kappa shape index (κ2) is 10.3. The lowest BCUT2D eigenvalue weighted by atomic mass is 9.95. The molecule has 0 aromatic carbocycles. The van der Waals surface area contributed by atoms with Gasteiger partial charge in [-0.05, 0) is 63.9 Å². The molecule has 2 aromatic rings. The Balaban J connectivity index is 1.28. The van der Waals surface area contributed by atoms with Gasteiger partial charge in [-0.2, -0.15) is 0 Å². The topological polar surface area (TPSA) is 62.6 Å². The number of ether oxygens (including phenoxy) is 1. The highest BCUT2D eigenvalue weighted by Gasteiger charge is 2.27. The molecule has 1 N–H and O–H groups in total. The summed E-state index contributed by atoms with van der Waals surface area (Å²) >= 11 is 0. The van der Waals surface area contributed by atoms with E-state index >= 15 is 0 Å². The summed E-state index contributed by atoms with van der Waals surface area (Å²) in [4.78, 5) is 22.1. The molecular weight excluding hydrogens is 390 g/mol. The van der Waals surface area contributed by atoms with Crippen molar-refractivity contribution < 1.29 is 9.53 Å². The molecule has 0 bridgehead atoms.